The molecule has 0 saturated carbocycles. The Morgan fingerprint density at radius 1 is 1.10 bits per heavy atom. The van der Waals surface area contributed by atoms with Crippen molar-refractivity contribution < 1.29 is 14.7 Å². The highest BCUT2D eigenvalue weighted by atomic mass is 16.3. The molecule has 0 aliphatic carbocycles. The Labute approximate surface area is 167 Å². The van der Waals surface area contributed by atoms with Crippen LogP contribution >= 0.6 is 0 Å². The second-order valence-electron chi connectivity index (χ2n) is 7.10. The van der Waals surface area contributed by atoms with E-state index in [1.807, 2.05) is 24.3 Å². The molecule has 29 heavy (non-hydrogen) atoms. The summed E-state index contributed by atoms with van der Waals surface area (Å²) in [7, 11) is 1.55. The quantitative estimate of drug-likeness (QED) is 0.714. The lowest BCUT2D eigenvalue weighted by molar-refractivity contribution is -0.117. The number of rotatable bonds is 4. The number of nitrogens with one attached hydrogen (secondary N) is 1. The Hall–Kier alpha value is -3.61. The van der Waals surface area contributed by atoms with E-state index in [2.05, 4.69) is 5.32 Å². The number of aryl methyl sites for hydroxylation is 1. The molecule has 7 nitrogen and oxygen atoms in total. The molecule has 7 heteroatoms. The van der Waals surface area contributed by atoms with E-state index in [9.17, 15) is 19.5 Å². The summed E-state index contributed by atoms with van der Waals surface area (Å²) >= 11 is 0. The van der Waals surface area contributed by atoms with Gasteiger partial charge in [-0.2, -0.15) is 0 Å². The molecule has 0 atom stereocenters. The summed E-state index contributed by atoms with van der Waals surface area (Å²) < 4.78 is 1.32. The number of pyridine rings is 1. The first-order valence-corrected chi connectivity index (χ1v) is 9.45. The predicted octanol–water partition coefficient (Wildman–Crippen LogP) is 2.30. The number of carbonyl (C=O) groups is 2. The number of amides is 2. The van der Waals surface area contributed by atoms with Gasteiger partial charge in [0.05, 0.1) is 11.1 Å². The van der Waals surface area contributed by atoms with E-state index in [1.54, 1.807) is 36.2 Å². The van der Waals surface area contributed by atoms with Crippen LogP contribution in [0.15, 0.2) is 53.3 Å². The third kappa shape index (κ3) is 3.35. The monoisotopic (exact) mass is 391 g/mol. The smallest absolute Gasteiger partial charge is 0.293 e. The molecular weight excluding hydrogens is 370 g/mol. The summed E-state index contributed by atoms with van der Waals surface area (Å²) in [6, 6.07) is 14.4. The van der Waals surface area contributed by atoms with E-state index in [4.69, 9.17) is 0 Å². The Balaban J connectivity index is 1.55. The molecule has 1 saturated heterocycles. The van der Waals surface area contributed by atoms with Crippen LogP contribution < -0.4 is 15.8 Å². The van der Waals surface area contributed by atoms with Crippen molar-refractivity contribution in [1.82, 2.24) is 9.88 Å². The molecule has 1 aliphatic rings. The number of hydrogen-bond donors (Lipinski definition) is 2. The summed E-state index contributed by atoms with van der Waals surface area (Å²) in [5, 5.41) is 13.6. The number of fused-ring (bicyclic) bond motifs is 1. The summed E-state index contributed by atoms with van der Waals surface area (Å²) in [6.07, 6.45) is 1.44. The number of aromatic hydroxyl groups is 1. The summed E-state index contributed by atoms with van der Waals surface area (Å²) in [5.41, 5.74) is 1.62. The number of carbonyl (C=O) groups excluding carboxylic acids is 2. The summed E-state index contributed by atoms with van der Waals surface area (Å²) in [6.45, 7) is 0.959. The zero-order valence-electron chi connectivity index (χ0n) is 16.0. The average Bonchev–Trinajstić information content (AvgIpc) is 3.17. The minimum absolute atomic E-state index is 0.0250. The van der Waals surface area contributed by atoms with Crippen LogP contribution in [0.4, 0.5) is 5.69 Å². The molecule has 3 aromatic rings. The first kappa shape index (κ1) is 18.7. The second-order valence-corrected chi connectivity index (χ2v) is 7.10. The molecule has 1 aromatic heterocycles. The molecule has 0 spiro atoms. The lowest BCUT2D eigenvalue weighted by atomic mass is 10.1. The molecule has 148 valence electrons. The number of benzene rings is 2. The van der Waals surface area contributed by atoms with Crippen molar-refractivity contribution in [2.45, 2.75) is 19.4 Å². The summed E-state index contributed by atoms with van der Waals surface area (Å²) in [5.74, 6) is -0.958. The van der Waals surface area contributed by atoms with Crippen molar-refractivity contribution >= 4 is 28.4 Å². The van der Waals surface area contributed by atoms with Gasteiger partial charge in [0.1, 0.15) is 0 Å². The minimum Gasteiger partial charge on any atom is -0.502 e. The molecule has 2 heterocycles. The van der Waals surface area contributed by atoms with E-state index < -0.39 is 17.2 Å². The molecule has 2 aromatic carbocycles. The van der Waals surface area contributed by atoms with Gasteiger partial charge in [-0.15, -0.1) is 0 Å². The van der Waals surface area contributed by atoms with Crippen molar-refractivity contribution in [1.29, 1.82) is 0 Å². The fourth-order valence-corrected chi connectivity index (χ4v) is 3.70. The molecule has 1 aliphatic heterocycles. The van der Waals surface area contributed by atoms with Crippen LogP contribution in [0.1, 0.15) is 28.8 Å². The van der Waals surface area contributed by atoms with Gasteiger partial charge in [-0.25, -0.2) is 0 Å². The number of para-hydroxylation sites is 1. The first-order valence-electron chi connectivity index (χ1n) is 9.45. The van der Waals surface area contributed by atoms with Gasteiger partial charge in [-0.05, 0) is 30.2 Å². The van der Waals surface area contributed by atoms with Crippen LogP contribution in [0.5, 0.6) is 5.75 Å². The van der Waals surface area contributed by atoms with Crippen LogP contribution in [0, 0.1) is 0 Å². The molecule has 0 bridgehead atoms. The number of anilines is 1. The minimum atomic E-state index is -0.617. The number of aromatic nitrogens is 1. The maximum absolute atomic E-state index is 12.8. The number of nitrogens with zero attached hydrogens (tertiary/aromatic N) is 2. The van der Waals surface area contributed by atoms with Crippen LogP contribution in [0.3, 0.4) is 0 Å². The van der Waals surface area contributed by atoms with E-state index in [1.165, 1.54) is 4.57 Å². The predicted molar refractivity (Wildman–Crippen MR) is 110 cm³/mol. The van der Waals surface area contributed by atoms with Gasteiger partial charge in [0.2, 0.25) is 5.91 Å². The topological polar surface area (TPSA) is 91.6 Å². The largest absolute Gasteiger partial charge is 0.502 e. The van der Waals surface area contributed by atoms with Crippen molar-refractivity contribution in [3.8, 4) is 5.75 Å². The third-order valence-corrected chi connectivity index (χ3v) is 5.28. The van der Waals surface area contributed by atoms with Crippen LogP contribution in [-0.4, -0.2) is 28.0 Å². The van der Waals surface area contributed by atoms with Gasteiger partial charge < -0.3 is 19.9 Å². The zero-order valence-corrected chi connectivity index (χ0v) is 16.0. The van der Waals surface area contributed by atoms with E-state index >= 15 is 0 Å². The van der Waals surface area contributed by atoms with Crippen molar-refractivity contribution in [3.05, 3.63) is 70.0 Å². The van der Waals surface area contributed by atoms with E-state index in [-0.39, 0.29) is 18.0 Å². The second kappa shape index (κ2) is 7.43. The highest BCUT2D eigenvalue weighted by Crippen LogP contribution is 2.24. The fraction of sp³-hybridized carbons (Fsp3) is 0.227. The molecule has 2 amide bonds. The molecule has 0 unspecified atom stereocenters. The van der Waals surface area contributed by atoms with Crippen molar-refractivity contribution in [3.63, 3.8) is 0 Å². The highest BCUT2D eigenvalue weighted by Gasteiger charge is 2.22. The first-order chi connectivity index (χ1) is 14.0. The van der Waals surface area contributed by atoms with Gasteiger partial charge in [0, 0.05) is 37.6 Å². The van der Waals surface area contributed by atoms with Gasteiger partial charge in [-0.3, -0.25) is 14.4 Å². The maximum Gasteiger partial charge on any atom is 0.293 e. The molecule has 4 rings (SSSR count). The lowest BCUT2D eigenvalue weighted by Crippen LogP contribution is -2.27. The highest BCUT2D eigenvalue weighted by molar-refractivity contribution is 6.08. The zero-order chi connectivity index (χ0) is 20.5. The molecule has 2 N–H and O–H groups in total. The van der Waals surface area contributed by atoms with Crippen molar-refractivity contribution in [2.75, 3.05) is 11.4 Å². The SMILES string of the molecule is Cn1c(=O)c(O)c(C(=O)NCc2ccc(N3CCCC3=O)cc2)c2ccccc21. The molecule has 1 fully saturated rings. The third-order valence-electron chi connectivity index (χ3n) is 5.28. The van der Waals surface area contributed by atoms with Gasteiger partial charge in [0.15, 0.2) is 5.75 Å². The Morgan fingerprint density at radius 3 is 2.52 bits per heavy atom. The van der Waals surface area contributed by atoms with Crippen LogP contribution in [-0.2, 0) is 18.4 Å². The lowest BCUT2D eigenvalue weighted by Gasteiger charge is -2.16. The van der Waals surface area contributed by atoms with E-state index in [0.717, 1.165) is 24.2 Å². The van der Waals surface area contributed by atoms with Gasteiger partial charge in [0.25, 0.3) is 11.5 Å². The summed E-state index contributed by atoms with van der Waals surface area (Å²) in [4.78, 5) is 38.6. The van der Waals surface area contributed by atoms with Gasteiger partial charge >= 0.3 is 0 Å². The fourth-order valence-electron chi connectivity index (χ4n) is 3.70. The molecule has 0 radical (unpaired) electrons. The normalized spacial score (nSPS) is 13.8. The Morgan fingerprint density at radius 2 is 1.83 bits per heavy atom. The van der Waals surface area contributed by atoms with Crippen LogP contribution in [0.25, 0.3) is 10.9 Å². The van der Waals surface area contributed by atoms with E-state index in [0.29, 0.717) is 17.3 Å². The number of hydrogen-bond acceptors (Lipinski definition) is 4. The van der Waals surface area contributed by atoms with Crippen molar-refractivity contribution in [2.24, 2.45) is 7.05 Å². The maximum atomic E-state index is 12.8. The molecular formula is C22H21N3O4. The standard InChI is InChI=1S/C22H21N3O4/c1-24-17-6-3-2-5-16(17)19(20(27)22(24)29)21(28)23-13-14-8-10-15(11-9-14)25-12-4-7-18(25)26/h2-3,5-6,8-11,27H,4,7,12-13H2,1H3,(H,23,28). The van der Waals surface area contributed by atoms with Crippen LogP contribution in [0.2, 0.25) is 0 Å². The Kier molecular flexibility index (Phi) is 4.80. The van der Waals surface area contributed by atoms with Gasteiger partial charge in [-0.1, -0.05) is 30.3 Å². The average molecular weight is 391 g/mol. The Bertz CT molecular complexity index is 1170.